The first-order valence-corrected chi connectivity index (χ1v) is 6.94. The highest BCUT2D eigenvalue weighted by Crippen LogP contribution is 2.37. The Morgan fingerprint density at radius 3 is 2.94 bits per heavy atom. The Morgan fingerprint density at radius 2 is 2.24 bits per heavy atom. The van der Waals surface area contributed by atoms with Crippen LogP contribution in [0.1, 0.15) is 25.3 Å². The molecule has 1 aliphatic rings. The minimum Gasteiger partial charge on any atom is -0.244 e. The lowest BCUT2D eigenvalue weighted by Gasteiger charge is -2.10. The van der Waals surface area contributed by atoms with Crippen LogP contribution in [0, 0.1) is 18.8 Å². The molecule has 0 N–H and O–H groups in total. The summed E-state index contributed by atoms with van der Waals surface area (Å²) in [6.45, 7) is 5.38. The van der Waals surface area contributed by atoms with E-state index in [-0.39, 0.29) is 0 Å². The summed E-state index contributed by atoms with van der Waals surface area (Å²) >= 11 is 3.57. The van der Waals surface area contributed by atoms with Crippen molar-refractivity contribution in [1.29, 1.82) is 0 Å². The molecule has 1 aromatic carbocycles. The van der Waals surface area contributed by atoms with Crippen LogP contribution in [0.25, 0.3) is 11.0 Å². The molecule has 3 nitrogen and oxygen atoms in total. The van der Waals surface area contributed by atoms with Crippen molar-refractivity contribution in [3.63, 3.8) is 0 Å². The number of hydrogen-bond donors (Lipinski definition) is 0. The van der Waals surface area contributed by atoms with Gasteiger partial charge in [-0.05, 0) is 49.3 Å². The summed E-state index contributed by atoms with van der Waals surface area (Å²) < 4.78 is 3.18. The molecule has 1 unspecified atom stereocenters. The SMILES string of the molecule is Cc1cc2nnn(CC(C)C3CC3)c2cc1Br. The van der Waals surface area contributed by atoms with Gasteiger partial charge in [0.25, 0.3) is 0 Å². The maximum atomic E-state index is 4.27. The second-order valence-corrected chi connectivity index (χ2v) is 6.03. The van der Waals surface area contributed by atoms with E-state index in [2.05, 4.69) is 52.2 Å². The van der Waals surface area contributed by atoms with Crippen LogP contribution in [-0.2, 0) is 6.54 Å². The average Bonchev–Trinajstić information content (AvgIpc) is 3.07. The first-order chi connectivity index (χ1) is 8.15. The van der Waals surface area contributed by atoms with Gasteiger partial charge in [0.2, 0.25) is 0 Å². The van der Waals surface area contributed by atoms with Crippen LogP contribution in [-0.4, -0.2) is 15.0 Å². The molecule has 1 aliphatic carbocycles. The summed E-state index contributed by atoms with van der Waals surface area (Å²) in [5.41, 5.74) is 3.34. The number of halogens is 1. The Kier molecular flexibility index (Phi) is 2.69. The second kappa shape index (κ2) is 4.09. The van der Waals surface area contributed by atoms with Crippen LogP contribution < -0.4 is 0 Å². The van der Waals surface area contributed by atoms with Crippen LogP contribution in [0.4, 0.5) is 0 Å². The topological polar surface area (TPSA) is 30.7 Å². The molecule has 90 valence electrons. The van der Waals surface area contributed by atoms with E-state index < -0.39 is 0 Å². The van der Waals surface area contributed by atoms with E-state index in [1.807, 2.05) is 4.68 Å². The number of benzene rings is 1. The van der Waals surface area contributed by atoms with Gasteiger partial charge in [0.05, 0.1) is 5.52 Å². The fraction of sp³-hybridized carbons (Fsp3) is 0.538. The van der Waals surface area contributed by atoms with Crippen molar-refractivity contribution in [3.05, 3.63) is 22.2 Å². The van der Waals surface area contributed by atoms with Crippen LogP contribution >= 0.6 is 15.9 Å². The molecular weight excluding hydrogens is 278 g/mol. The highest BCUT2D eigenvalue weighted by atomic mass is 79.9. The molecule has 17 heavy (non-hydrogen) atoms. The number of aryl methyl sites for hydroxylation is 1. The summed E-state index contributed by atoms with van der Waals surface area (Å²) in [5.74, 6) is 1.61. The molecule has 1 heterocycles. The summed E-state index contributed by atoms with van der Waals surface area (Å²) in [4.78, 5) is 0. The van der Waals surface area contributed by atoms with Crippen LogP contribution in [0.15, 0.2) is 16.6 Å². The molecule has 0 bridgehead atoms. The third kappa shape index (κ3) is 2.10. The number of nitrogens with zero attached hydrogens (tertiary/aromatic N) is 3. The Hall–Kier alpha value is -0.900. The average molecular weight is 294 g/mol. The molecule has 1 atom stereocenters. The van der Waals surface area contributed by atoms with Gasteiger partial charge in [-0.3, -0.25) is 0 Å². The zero-order valence-corrected chi connectivity index (χ0v) is 11.7. The van der Waals surface area contributed by atoms with E-state index in [4.69, 9.17) is 0 Å². The first-order valence-electron chi connectivity index (χ1n) is 6.14. The quantitative estimate of drug-likeness (QED) is 0.866. The summed E-state index contributed by atoms with van der Waals surface area (Å²) in [6.07, 6.45) is 2.77. The Morgan fingerprint density at radius 1 is 1.47 bits per heavy atom. The van der Waals surface area contributed by atoms with Crippen molar-refractivity contribution in [2.24, 2.45) is 11.8 Å². The second-order valence-electron chi connectivity index (χ2n) is 5.18. The lowest BCUT2D eigenvalue weighted by atomic mass is 10.1. The lowest BCUT2D eigenvalue weighted by molar-refractivity contribution is 0.407. The van der Waals surface area contributed by atoms with Gasteiger partial charge in [-0.1, -0.05) is 28.1 Å². The fourth-order valence-electron chi connectivity index (χ4n) is 2.31. The molecule has 1 fully saturated rings. The summed E-state index contributed by atoms with van der Waals surface area (Å²) in [5, 5.41) is 8.52. The van der Waals surface area contributed by atoms with Crippen molar-refractivity contribution >= 4 is 27.0 Å². The van der Waals surface area contributed by atoms with E-state index in [0.717, 1.165) is 28.0 Å². The first kappa shape index (κ1) is 11.2. The minimum atomic E-state index is 0.708. The van der Waals surface area contributed by atoms with Crippen molar-refractivity contribution in [1.82, 2.24) is 15.0 Å². The van der Waals surface area contributed by atoms with E-state index in [9.17, 15) is 0 Å². The maximum Gasteiger partial charge on any atom is 0.113 e. The molecule has 2 aromatic rings. The standard InChI is InChI=1S/C13H16BrN3/c1-8-5-12-13(6-11(8)14)17(16-15-12)7-9(2)10-3-4-10/h5-6,9-10H,3-4,7H2,1-2H3. The Bertz CT molecular complexity index is 557. The van der Waals surface area contributed by atoms with Gasteiger partial charge in [-0.15, -0.1) is 5.10 Å². The fourth-order valence-corrected chi connectivity index (χ4v) is 2.65. The zero-order chi connectivity index (χ0) is 12.0. The summed E-state index contributed by atoms with van der Waals surface area (Å²) in [6, 6.07) is 4.22. The Balaban J connectivity index is 1.96. The van der Waals surface area contributed by atoms with Gasteiger partial charge in [0.1, 0.15) is 5.52 Å². The third-order valence-corrected chi connectivity index (χ3v) is 4.54. The smallest absolute Gasteiger partial charge is 0.113 e. The van der Waals surface area contributed by atoms with Crippen molar-refractivity contribution in [2.45, 2.75) is 33.2 Å². The van der Waals surface area contributed by atoms with E-state index in [0.29, 0.717) is 5.92 Å². The van der Waals surface area contributed by atoms with E-state index >= 15 is 0 Å². The number of hydrogen-bond acceptors (Lipinski definition) is 2. The Labute approximate surface area is 109 Å². The molecule has 3 rings (SSSR count). The van der Waals surface area contributed by atoms with Crippen LogP contribution in [0.2, 0.25) is 0 Å². The van der Waals surface area contributed by atoms with E-state index in [1.54, 1.807) is 0 Å². The van der Waals surface area contributed by atoms with Gasteiger partial charge in [-0.2, -0.15) is 0 Å². The van der Waals surface area contributed by atoms with Crippen LogP contribution in [0.3, 0.4) is 0 Å². The summed E-state index contributed by atoms with van der Waals surface area (Å²) in [7, 11) is 0. The highest BCUT2D eigenvalue weighted by molar-refractivity contribution is 9.10. The van der Waals surface area contributed by atoms with Crippen molar-refractivity contribution in [2.75, 3.05) is 0 Å². The molecule has 1 aromatic heterocycles. The van der Waals surface area contributed by atoms with Gasteiger partial charge in [-0.25, -0.2) is 4.68 Å². The van der Waals surface area contributed by atoms with Gasteiger partial charge in [0.15, 0.2) is 0 Å². The van der Waals surface area contributed by atoms with Gasteiger partial charge < -0.3 is 0 Å². The highest BCUT2D eigenvalue weighted by Gasteiger charge is 2.28. The van der Waals surface area contributed by atoms with Gasteiger partial charge >= 0.3 is 0 Å². The normalized spacial score (nSPS) is 17.6. The maximum absolute atomic E-state index is 4.27. The molecule has 0 aliphatic heterocycles. The van der Waals surface area contributed by atoms with Crippen molar-refractivity contribution < 1.29 is 0 Å². The largest absolute Gasteiger partial charge is 0.244 e. The molecule has 0 spiro atoms. The molecule has 0 saturated heterocycles. The molecule has 1 saturated carbocycles. The lowest BCUT2D eigenvalue weighted by Crippen LogP contribution is -2.10. The van der Waals surface area contributed by atoms with Crippen molar-refractivity contribution in [3.8, 4) is 0 Å². The monoisotopic (exact) mass is 293 g/mol. The molecule has 0 amide bonds. The van der Waals surface area contributed by atoms with E-state index in [1.165, 1.54) is 18.4 Å². The number of fused-ring (bicyclic) bond motifs is 1. The molecule has 0 radical (unpaired) electrons. The predicted octanol–water partition coefficient (Wildman–Crippen LogP) is 3.55. The number of aromatic nitrogens is 3. The number of rotatable bonds is 3. The van der Waals surface area contributed by atoms with Gasteiger partial charge in [0, 0.05) is 11.0 Å². The molecule has 4 heteroatoms. The predicted molar refractivity (Wildman–Crippen MR) is 71.9 cm³/mol. The molecular formula is C13H16BrN3. The minimum absolute atomic E-state index is 0.708. The third-order valence-electron chi connectivity index (χ3n) is 3.68. The zero-order valence-electron chi connectivity index (χ0n) is 10.2. The van der Waals surface area contributed by atoms with Crippen LogP contribution in [0.5, 0.6) is 0 Å².